The summed E-state index contributed by atoms with van der Waals surface area (Å²) in [6.45, 7) is 8.14. The van der Waals surface area contributed by atoms with Crippen LogP contribution in [0.15, 0.2) is 243 Å². The van der Waals surface area contributed by atoms with Crippen molar-refractivity contribution in [3.05, 3.63) is 322 Å². The van der Waals surface area contributed by atoms with Crippen molar-refractivity contribution >= 4 is 165 Å². The minimum absolute atomic E-state index is 0.00868. The summed E-state index contributed by atoms with van der Waals surface area (Å²) in [6.07, 6.45) is 19.5. The number of carbonyl (C=O) groups excluding carboxylic acids is 4. The van der Waals surface area contributed by atoms with Gasteiger partial charge in [-0.3, -0.25) is 19.2 Å². The Morgan fingerprint density at radius 1 is 0.393 bits per heavy atom. The SMILES string of the molecule is CCc1c(Cl)cc(NCOc2cc(Cl)cc(Cl)c2)c(O)c1Cl.Cc1ccc(OCCCNC(=O)c2cc(OC3CCCCC3)c3ccccc3c2O)c(C)c1.O=C(NC1CCCCC1)c1cc(OCCc2ccccc2)c2ccccc2c1O.O=C(Nc1cc(Cl)ccc1Cl)c1cc(OCC2CCCCC2)c2ccccc2c1O.O=C(Nc1ccccc1)c1cc(Cl)c2ccccc2c1O. The number of hydrogen-bond acceptors (Lipinski definition) is 15. The number of amides is 4. The molecule has 26 heteroatoms. The number of phenols is 5. The van der Waals surface area contributed by atoms with Gasteiger partial charge in [0.25, 0.3) is 23.6 Å². The first-order valence-corrected chi connectivity index (χ1v) is 48.1. The zero-order chi connectivity index (χ0) is 95.4. The molecular formula is C109H108Cl7N5O14. The van der Waals surface area contributed by atoms with Crippen molar-refractivity contribution in [3.63, 3.8) is 0 Å². The number of rotatable bonds is 26. The van der Waals surface area contributed by atoms with E-state index < -0.39 is 11.8 Å². The molecule has 702 valence electrons. The van der Waals surface area contributed by atoms with Crippen molar-refractivity contribution < 1.29 is 68.4 Å². The van der Waals surface area contributed by atoms with Crippen molar-refractivity contribution in [1.82, 2.24) is 10.6 Å². The number of aromatic hydroxyl groups is 5. The molecule has 3 fully saturated rings. The van der Waals surface area contributed by atoms with Crippen molar-refractivity contribution in [3.8, 4) is 57.5 Å². The molecule has 14 aromatic carbocycles. The summed E-state index contributed by atoms with van der Waals surface area (Å²) in [7, 11) is 0. The quantitative estimate of drug-likeness (QED) is 0.0137. The topological polar surface area (TPSA) is 276 Å². The average molecular weight is 1960 g/mol. The highest BCUT2D eigenvalue weighted by molar-refractivity contribution is 6.38. The largest absolute Gasteiger partial charge is 0.506 e. The number of hydrogen-bond donors (Lipinski definition) is 10. The molecule has 0 saturated heterocycles. The molecule has 0 spiro atoms. The van der Waals surface area contributed by atoms with E-state index >= 15 is 0 Å². The molecule has 0 radical (unpaired) electrons. The van der Waals surface area contributed by atoms with E-state index in [1.165, 1.54) is 49.3 Å². The van der Waals surface area contributed by atoms with E-state index in [2.05, 4.69) is 51.7 Å². The van der Waals surface area contributed by atoms with Crippen LogP contribution in [-0.2, 0) is 12.8 Å². The average Bonchev–Trinajstić information content (AvgIpc) is 0.792. The summed E-state index contributed by atoms with van der Waals surface area (Å²) < 4.78 is 29.9. The molecule has 10 N–H and O–H groups in total. The zero-order valence-electron chi connectivity index (χ0n) is 75.1. The van der Waals surface area contributed by atoms with Gasteiger partial charge in [0.05, 0.1) is 69.6 Å². The van der Waals surface area contributed by atoms with Gasteiger partial charge in [-0.2, -0.15) is 0 Å². The van der Waals surface area contributed by atoms with Crippen molar-refractivity contribution in [2.45, 2.75) is 148 Å². The van der Waals surface area contributed by atoms with Crippen LogP contribution in [0.3, 0.4) is 0 Å². The number of halogens is 7. The minimum Gasteiger partial charge on any atom is -0.506 e. The second kappa shape index (κ2) is 49.4. The first kappa shape index (κ1) is 100. The first-order valence-electron chi connectivity index (χ1n) is 45.4. The van der Waals surface area contributed by atoms with E-state index in [4.69, 9.17) is 105 Å². The summed E-state index contributed by atoms with van der Waals surface area (Å²) in [6, 6.07) is 72.8. The van der Waals surface area contributed by atoms with Crippen LogP contribution in [0.25, 0.3) is 43.1 Å². The Hall–Kier alpha value is -12.2. The Kier molecular flexibility index (Phi) is 36.7. The van der Waals surface area contributed by atoms with Gasteiger partial charge in [-0.25, -0.2) is 0 Å². The van der Waals surface area contributed by atoms with Gasteiger partial charge >= 0.3 is 0 Å². The third-order valence-electron chi connectivity index (χ3n) is 23.7. The molecule has 0 atom stereocenters. The maximum absolute atomic E-state index is 13.0. The lowest BCUT2D eigenvalue weighted by Crippen LogP contribution is -2.36. The highest BCUT2D eigenvalue weighted by atomic mass is 35.5. The summed E-state index contributed by atoms with van der Waals surface area (Å²) in [5, 5.41) is 75.6. The number of anilines is 3. The minimum atomic E-state index is -0.482. The number of aryl methyl sites for hydroxylation is 2. The van der Waals surface area contributed by atoms with Gasteiger partial charge in [0, 0.05) is 92.9 Å². The van der Waals surface area contributed by atoms with Crippen LogP contribution in [0.5, 0.6) is 57.5 Å². The van der Waals surface area contributed by atoms with E-state index in [9.17, 15) is 44.7 Å². The molecule has 17 rings (SSSR count). The van der Waals surface area contributed by atoms with Crippen LogP contribution < -0.4 is 50.3 Å². The molecule has 3 aliphatic carbocycles. The monoisotopic (exact) mass is 1960 g/mol. The number of para-hydroxylation sites is 1. The predicted octanol–water partition coefficient (Wildman–Crippen LogP) is 28.8. The third-order valence-corrected chi connectivity index (χ3v) is 25.8. The lowest BCUT2D eigenvalue weighted by molar-refractivity contribution is 0.0921. The molecule has 3 saturated carbocycles. The fourth-order valence-corrected chi connectivity index (χ4v) is 18.5. The van der Waals surface area contributed by atoms with Crippen LogP contribution in [0.2, 0.25) is 35.2 Å². The number of ether oxygens (including phenoxy) is 5. The molecule has 19 nitrogen and oxygen atoms in total. The molecule has 14 aromatic rings. The number of phenolic OH excluding ortho intramolecular Hbond substituents is 5. The van der Waals surface area contributed by atoms with Gasteiger partial charge in [0.1, 0.15) is 51.7 Å². The smallest absolute Gasteiger partial charge is 0.259 e. The van der Waals surface area contributed by atoms with Crippen LogP contribution in [0, 0.1) is 19.8 Å². The molecule has 0 unspecified atom stereocenters. The highest BCUT2D eigenvalue weighted by Crippen LogP contribution is 2.44. The van der Waals surface area contributed by atoms with Gasteiger partial charge in [-0.1, -0.05) is 296 Å². The molecule has 4 amide bonds. The lowest BCUT2D eigenvalue weighted by Gasteiger charge is -2.24. The second-order valence-corrected chi connectivity index (χ2v) is 36.3. The Balaban J connectivity index is 0.000000144. The number of nitrogens with one attached hydrogen (secondary N) is 5. The molecule has 135 heavy (non-hydrogen) atoms. The van der Waals surface area contributed by atoms with Crippen LogP contribution in [0.4, 0.5) is 17.1 Å². The fraction of sp³-hybridized carbons (Fsp3) is 0.266. The first-order chi connectivity index (χ1) is 65.4. The van der Waals surface area contributed by atoms with Gasteiger partial charge in [0.2, 0.25) is 0 Å². The molecule has 3 aliphatic rings. The van der Waals surface area contributed by atoms with E-state index in [0.717, 1.165) is 98.1 Å². The lowest BCUT2D eigenvalue weighted by atomic mass is 9.90. The van der Waals surface area contributed by atoms with Gasteiger partial charge < -0.3 is 75.8 Å². The summed E-state index contributed by atoms with van der Waals surface area (Å²) in [5.74, 6) is 2.16. The Labute approximate surface area is 821 Å². The number of fused-ring (bicyclic) bond motifs is 4. The maximum atomic E-state index is 13.0. The number of carbonyl (C=O) groups is 4. The molecule has 0 aromatic heterocycles. The second-order valence-electron chi connectivity index (χ2n) is 33.4. The van der Waals surface area contributed by atoms with Gasteiger partial charge in [0.15, 0.2) is 12.5 Å². The van der Waals surface area contributed by atoms with Crippen LogP contribution in [0.1, 0.15) is 173 Å². The van der Waals surface area contributed by atoms with Crippen LogP contribution >= 0.6 is 81.2 Å². The Bertz CT molecular complexity index is 6450. The third kappa shape index (κ3) is 27.4. The Morgan fingerprint density at radius 3 is 1.48 bits per heavy atom. The predicted molar refractivity (Wildman–Crippen MR) is 547 cm³/mol. The van der Waals surface area contributed by atoms with Gasteiger partial charge in [-0.05, 0) is 186 Å². The van der Waals surface area contributed by atoms with E-state index in [1.807, 2.05) is 135 Å². The Morgan fingerprint density at radius 2 is 0.889 bits per heavy atom. The summed E-state index contributed by atoms with van der Waals surface area (Å²) >= 11 is 42.4. The fourth-order valence-electron chi connectivity index (χ4n) is 16.6. The van der Waals surface area contributed by atoms with E-state index in [0.29, 0.717) is 148 Å². The highest BCUT2D eigenvalue weighted by Gasteiger charge is 2.27. The van der Waals surface area contributed by atoms with Crippen molar-refractivity contribution in [2.75, 3.05) is 49.0 Å². The van der Waals surface area contributed by atoms with E-state index in [1.54, 1.807) is 97.1 Å². The van der Waals surface area contributed by atoms with Crippen molar-refractivity contribution in [1.29, 1.82) is 0 Å². The zero-order valence-corrected chi connectivity index (χ0v) is 80.4. The van der Waals surface area contributed by atoms with E-state index in [-0.39, 0.29) is 86.7 Å². The standard InChI is InChI=1S/C28H33NO4.C25H27NO3.C24H23Cl2NO3.C17H12ClNO2.C15H13Cl4NO2/c1-19-13-14-25(20(2)17-19)32-16-8-15-29-28(31)24-18-26(33-21-9-4-3-5-10-21)22-11-6-7-12-23(22)27(24)30;27-24-21-14-8-7-13-20(21)23(29-16-15-18-9-3-1-4-10-18)17-22(24)25(28)26-19-11-5-2-6-12-19;25-16-10-11-20(26)21(12-16)27-24(29)19-13-22(30-14-15-6-2-1-3-7-15)17-8-4-5-9-18(17)23(19)28;18-15-10-14(16(20)13-9-5-4-8-12(13)15)17(21)19-11-6-2-1-3-7-11;1-2-11-12(18)6-13(15(21)14(11)19)20-7-22-10-4-8(16)3-9(17)5-10/h6-7,11-14,17-18,21,30H,3-5,8-10,15-16H2,1-2H3,(H,29,31);1,3-4,7-10,13-14,17,19,27H,2,5-6,11-12,15-16H2,(H,26,28);4-5,8-13,15,28H,1-3,6-7,14H2,(H,27,29);1-10,20H,(H,19,21);3-6,20-21H,2,7H2,1H3. The van der Waals surface area contributed by atoms with Crippen molar-refractivity contribution in [2.24, 2.45) is 5.92 Å². The molecule has 0 heterocycles. The van der Waals surface area contributed by atoms with Gasteiger partial charge in [-0.15, -0.1) is 0 Å². The normalized spacial score (nSPS) is 13.2. The maximum Gasteiger partial charge on any atom is 0.259 e. The molecule has 0 bridgehead atoms. The number of benzene rings is 14. The summed E-state index contributed by atoms with van der Waals surface area (Å²) in [4.78, 5) is 51.1. The van der Waals surface area contributed by atoms with Crippen LogP contribution in [-0.4, -0.2) is 94.4 Å². The molecular weight excluding hydrogens is 1850 g/mol. The molecule has 0 aliphatic heterocycles. The summed E-state index contributed by atoms with van der Waals surface area (Å²) in [5.41, 5.74) is 6.45.